The van der Waals surface area contributed by atoms with Crippen LogP contribution in [0.4, 0.5) is 0 Å². The van der Waals surface area contributed by atoms with Gasteiger partial charge in [0.1, 0.15) is 11.1 Å². The maximum Gasteiger partial charge on any atom is 0.262 e. The number of aryl methyl sites for hydroxylation is 1. The van der Waals surface area contributed by atoms with Crippen LogP contribution < -0.4 is 10.9 Å². The number of H-pyrrole nitrogens is 1. The van der Waals surface area contributed by atoms with E-state index in [0.717, 1.165) is 19.3 Å². The molecule has 112 valence electrons. The Morgan fingerprint density at radius 2 is 2.19 bits per heavy atom. The second-order valence-corrected chi connectivity index (χ2v) is 5.79. The first kappa shape index (κ1) is 13.9. The summed E-state index contributed by atoms with van der Waals surface area (Å²) in [7, 11) is 0. The zero-order valence-electron chi connectivity index (χ0n) is 12.2. The maximum atomic E-state index is 12.6. The third kappa shape index (κ3) is 2.46. The Morgan fingerprint density at radius 1 is 1.43 bits per heavy atom. The normalized spacial score (nSPS) is 22.4. The Hall–Kier alpha value is -2.11. The Balaban J connectivity index is 1.94. The molecule has 0 radical (unpaired) electrons. The lowest BCUT2D eigenvalue weighted by Gasteiger charge is -2.29. The van der Waals surface area contributed by atoms with Gasteiger partial charge in [0.25, 0.3) is 11.5 Å². The van der Waals surface area contributed by atoms with E-state index in [1.165, 1.54) is 12.7 Å². The van der Waals surface area contributed by atoms with Crippen LogP contribution in [0.5, 0.6) is 0 Å². The van der Waals surface area contributed by atoms with E-state index in [1.807, 2.05) is 0 Å². The van der Waals surface area contributed by atoms with Crippen molar-refractivity contribution in [3.05, 3.63) is 28.0 Å². The van der Waals surface area contributed by atoms with Gasteiger partial charge < -0.3 is 14.7 Å². The van der Waals surface area contributed by atoms with Crippen LogP contribution in [0.3, 0.4) is 0 Å². The van der Waals surface area contributed by atoms with Crippen molar-refractivity contribution in [1.29, 1.82) is 0 Å². The van der Waals surface area contributed by atoms with Crippen LogP contribution in [0.2, 0.25) is 0 Å². The van der Waals surface area contributed by atoms with Crippen LogP contribution in [0, 0.1) is 12.8 Å². The lowest BCUT2D eigenvalue weighted by molar-refractivity contribution is 0.0910. The Bertz CT molecular complexity index is 731. The van der Waals surface area contributed by atoms with Gasteiger partial charge in [-0.05, 0) is 25.7 Å². The molecular weight excluding hydrogens is 270 g/mol. The minimum atomic E-state index is -0.348. The topological polar surface area (TPSA) is 88.0 Å². The first-order valence-electron chi connectivity index (χ1n) is 7.35. The third-order valence-corrected chi connectivity index (χ3v) is 4.33. The van der Waals surface area contributed by atoms with Gasteiger partial charge in [-0.15, -0.1) is 0 Å². The summed E-state index contributed by atoms with van der Waals surface area (Å²) in [6, 6.07) is 0.159. The molecule has 0 unspecified atom stereocenters. The summed E-state index contributed by atoms with van der Waals surface area (Å²) in [6.45, 7) is 3.83. The Kier molecular flexibility index (Phi) is 3.53. The van der Waals surface area contributed by atoms with Crippen molar-refractivity contribution < 1.29 is 9.21 Å². The second kappa shape index (κ2) is 5.35. The molecule has 1 saturated carbocycles. The van der Waals surface area contributed by atoms with E-state index in [0.29, 0.717) is 17.2 Å². The lowest BCUT2D eigenvalue weighted by atomic mass is 9.86. The molecule has 2 aromatic heterocycles. The smallest absolute Gasteiger partial charge is 0.262 e. The summed E-state index contributed by atoms with van der Waals surface area (Å²) >= 11 is 0. The van der Waals surface area contributed by atoms with Crippen LogP contribution >= 0.6 is 0 Å². The van der Waals surface area contributed by atoms with Crippen LogP contribution in [-0.4, -0.2) is 21.9 Å². The number of hydrogen-bond donors (Lipinski definition) is 2. The summed E-state index contributed by atoms with van der Waals surface area (Å²) in [5, 5.41) is 3.28. The average Bonchev–Trinajstić information content (AvgIpc) is 2.79. The van der Waals surface area contributed by atoms with E-state index < -0.39 is 0 Å². The fourth-order valence-corrected chi connectivity index (χ4v) is 3.10. The van der Waals surface area contributed by atoms with Crippen LogP contribution in [0.15, 0.2) is 15.5 Å². The largest absolute Gasteiger partial charge is 0.442 e. The number of rotatable bonds is 2. The molecule has 2 heterocycles. The molecule has 2 aromatic rings. The highest BCUT2D eigenvalue weighted by atomic mass is 16.3. The van der Waals surface area contributed by atoms with Gasteiger partial charge in [-0.2, -0.15) is 0 Å². The van der Waals surface area contributed by atoms with Gasteiger partial charge in [-0.25, -0.2) is 4.98 Å². The number of fused-ring (bicyclic) bond motifs is 1. The average molecular weight is 289 g/mol. The predicted molar refractivity (Wildman–Crippen MR) is 78.3 cm³/mol. The number of nitrogens with one attached hydrogen (secondary N) is 2. The van der Waals surface area contributed by atoms with Crippen molar-refractivity contribution in [3.8, 4) is 0 Å². The van der Waals surface area contributed by atoms with Crippen molar-refractivity contribution in [2.45, 2.75) is 45.6 Å². The van der Waals surface area contributed by atoms with Gasteiger partial charge in [0.05, 0.1) is 11.9 Å². The number of nitrogens with zero attached hydrogens (tertiary/aromatic N) is 1. The van der Waals surface area contributed by atoms with Crippen molar-refractivity contribution in [2.24, 2.45) is 5.92 Å². The van der Waals surface area contributed by atoms with Gasteiger partial charge in [-0.3, -0.25) is 9.59 Å². The minimum Gasteiger partial charge on any atom is -0.442 e. The molecule has 0 bridgehead atoms. The van der Waals surface area contributed by atoms with Crippen molar-refractivity contribution in [3.63, 3.8) is 0 Å². The number of aromatic nitrogens is 2. The van der Waals surface area contributed by atoms with Crippen LogP contribution in [-0.2, 0) is 0 Å². The summed E-state index contributed by atoms with van der Waals surface area (Å²) in [4.78, 5) is 30.9. The van der Waals surface area contributed by atoms with Gasteiger partial charge in [0, 0.05) is 6.04 Å². The predicted octanol–water partition coefficient (Wildman–Crippen LogP) is 2.13. The van der Waals surface area contributed by atoms with Gasteiger partial charge in [-0.1, -0.05) is 19.8 Å². The fraction of sp³-hybridized carbons (Fsp3) is 0.533. The third-order valence-electron chi connectivity index (χ3n) is 4.33. The van der Waals surface area contributed by atoms with Crippen molar-refractivity contribution in [1.82, 2.24) is 15.3 Å². The van der Waals surface area contributed by atoms with E-state index in [-0.39, 0.29) is 28.6 Å². The van der Waals surface area contributed by atoms with E-state index in [9.17, 15) is 9.59 Å². The number of hydrogen-bond acceptors (Lipinski definition) is 4. The highest BCUT2D eigenvalue weighted by molar-refractivity contribution is 6.06. The molecule has 0 aliphatic heterocycles. The summed E-state index contributed by atoms with van der Waals surface area (Å²) in [5.41, 5.74) is 0.161. The zero-order chi connectivity index (χ0) is 15.0. The molecule has 1 fully saturated rings. The van der Waals surface area contributed by atoms with E-state index in [4.69, 9.17) is 4.42 Å². The van der Waals surface area contributed by atoms with Crippen LogP contribution in [0.1, 0.15) is 48.7 Å². The van der Waals surface area contributed by atoms with E-state index >= 15 is 0 Å². The molecule has 2 atom stereocenters. The highest BCUT2D eigenvalue weighted by Crippen LogP contribution is 2.25. The molecule has 3 rings (SSSR count). The molecule has 1 aliphatic carbocycles. The molecule has 2 N–H and O–H groups in total. The molecule has 6 nitrogen and oxygen atoms in total. The fourth-order valence-electron chi connectivity index (χ4n) is 3.10. The number of carbonyl (C=O) groups is 1. The molecule has 6 heteroatoms. The monoisotopic (exact) mass is 289 g/mol. The Labute approximate surface area is 121 Å². The number of amides is 1. The van der Waals surface area contributed by atoms with Crippen molar-refractivity contribution in [2.75, 3.05) is 0 Å². The first-order chi connectivity index (χ1) is 10.1. The summed E-state index contributed by atoms with van der Waals surface area (Å²) < 4.78 is 5.43. The second-order valence-electron chi connectivity index (χ2n) is 5.79. The number of aromatic amines is 1. The molecule has 1 amide bonds. The molecule has 0 saturated heterocycles. The van der Waals surface area contributed by atoms with E-state index in [2.05, 4.69) is 22.2 Å². The molecule has 21 heavy (non-hydrogen) atoms. The van der Waals surface area contributed by atoms with E-state index in [1.54, 1.807) is 6.92 Å². The van der Waals surface area contributed by atoms with Gasteiger partial charge in [0.15, 0.2) is 0 Å². The highest BCUT2D eigenvalue weighted by Gasteiger charge is 2.27. The quantitative estimate of drug-likeness (QED) is 0.886. The number of carbonyl (C=O) groups excluding carboxylic acids is 1. The maximum absolute atomic E-state index is 12.6. The lowest BCUT2D eigenvalue weighted by Crippen LogP contribution is -2.41. The summed E-state index contributed by atoms with van der Waals surface area (Å²) in [6.07, 6.45) is 5.72. The molecule has 1 aliphatic rings. The molecular formula is C15H19N3O3. The zero-order valence-corrected chi connectivity index (χ0v) is 12.2. The van der Waals surface area contributed by atoms with Crippen molar-refractivity contribution >= 4 is 17.0 Å². The number of furan rings is 1. The Morgan fingerprint density at radius 3 is 2.95 bits per heavy atom. The van der Waals surface area contributed by atoms with Gasteiger partial charge >= 0.3 is 0 Å². The first-order valence-corrected chi connectivity index (χ1v) is 7.35. The minimum absolute atomic E-state index is 0.159. The SMILES string of the molecule is Cc1oc2nc[nH]c(=O)c2c1C(=O)N[C@@H]1CCCC[C@H]1C. The summed E-state index contributed by atoms with van der Waals surface area (Å²) in [5.74, 6) is 0.635. The standard InChI is InChI=1S/C15H19N3O3/c1-8-5-3-4-6-10(8)18-14(20)11-9(2)21-15-12(11)13(19)16-7-17-15/h7-8,10H,3-6H2,1-2H3,(H,18,20)(H,16,17,19)/t8-,10-/m1/s1. The van der Waals surface area contributed by atoms with Gasteiger partial charge in [0.2, 0.25) is 5.71 Å². The molecule has 0 spiro atoms. The van der Waals surface area contributed by atoms with Crippen LogP contribution in [0.25, 0.3) is 11.1 Å². The molecule has 0 aromatic carbocycles.